The first-order chi connectivity index (χ1) is 12.0. The first-order valence-electron chi connectivity index (χ1n) is 9.15. The highest BCUT2D eigenvalue weighted by Gasteiger charge is 2.49. The minimum atomic E-state index is -0.733. The van der Waals surface area contributed by atoms with Gasteiger partial charge in [-0.3, -0.25) is 9.89 Å². The number of ether oxygens (including phenoxy) is 3. The van der Waals surface area contributed by atoms with Crippen molar-refractivity contribution in [3.05, 3.63) is 0 Å². The van der Waals surface area contributed by atoms with Crippen LogP contribution in [0.5, 0.6) is 0 Å². The molecule has 1 fully saturated rings. The maximum atomic E-state index is 12.7. The second-order valence-electron chi connectivity index (χ2n) is 7.91. The van der Waals surface area contributed by atoms with Gasteiger partial charge >= 0.3 is 6.09 Å². The van der Waals surface area contributed by atoms with Gasteiger partial charge in [0.2, 0.25) is 0 Å². The third kappa shape index (κ3) is 8.39. The summed E-state index contributed by atoms with van der Waals surface area (Å²) in [6.45, 7) is 13.3. The molecular formula is C18H37IN4O4. The lowest BCUT2D eigenvalue weighted by Gasteiger charge is -2.35. The number of guanidine groups is 1. The van der Waals surface area contributed by atoms with E-state index in [-0.39, 0.29) is 42.2 Å². The molecule has 0 bridgehead atoms. The van der Waals surface area contributed by atoms with Gasteiger partial charge in [0, 0.05) is 33.9 Å². The predicted octanol–water partition coefficient (Wildman–Crippen LogP) is 2.57. The molecule has 0 spiro atoms. The number of carbonyl (C=O) groups is 1. The van der Waals surface area contributed by atoms with E-state index in [2.05, 4.69) is 15.6 Å². The van der Waals surface area contributed by atoms with Gasteiger partial charge in [-0.05, 0) is 48.0 Å². The largest absolute Gasteiger partial charge is 0.444 e. The lowest BCUT2D eigenvalue weighted by Crippen LogP contribution is -2.54. The molecule has 9 heteroatoms. The maximum Gasteiger partial charge on any atom is 0.412 e. The van der Waals surface area contributed by atoms with Crippen molar-refractivity contribution in [3.63, 3.8) is 0 Å². The van der Waals surface area contributed by atoms with Crippen molar-refractivity contribution in [2.45, 2.75) is 71.4 Å². The molecule has 160 valence electrons. The Kier molecular flexibility index (Phi) is 10.9. The lowest BCUT2D eigenvalue weighted by molar-refractivity contribution is -0.0755. The molecule has 1 aliphatic rings. The summed E-state index contributed by atoms with van der Waals surface area (Å²) in [5, 5.41) is 6.50. The van der Waals surface area contributed by atoms with Crippen LogP contribution in [0.2, 0.25) is 0 Å². The number of amides is 1. The standard InChI is InChI=1S/C18H36N4O4.HI/c1-13-14(12-21-15(19-7)20-10-9-11-24-8)22(18(5,6)25-13)16(23)26-17(2,3)4;/h13-14H,9-12H2,1-8H3,(H2,19,20,21);1H. The van der Waals surface area contributed by atoms with E-state index in [1.54, 1.807) is 19.1 Å². The number of hydrogen-bond donors (Lipinski definition) is 2. The molecule has 0 aromatic carbocycles. The minimum Gasteiger partial charge on any atom is -0.444 e. The van der Waals surface area contributed by atoms with Gasteiger partial charge in [-0.15, -0.1) is 24.0 Å². The molecule has 1 saturated heterocycles. The van der Waals surface area contributed by atoms with Gasteiger partial charge in [0.25, 0.3) is 0 Å². The fraction of sp³-hybridized carbons (Fsp3) is 0.889. The van der Waals surface area contributed by atoms with Crippen LogP contribution in [0.25, 0.3) is 0 Å². The van der Waals surface area contributed by atoms with E-state index in [1.165, 1.54) is 0 Å². The minimum absolute atomic E-state index is 0. The van der Waals surface area contributed by atoms with Gasteiger partial charge in [-0.1, -0.05) is 0 Å². The number of carbonyl (C=O) groups excluding carboxylic acids is 1. The summed E-state index contributed by atoms with van der Waals surface area (Å²) in [7, 11) is 3.40. The van der Waals surface area contributed by atoms with Crippen LogP contribution in [0.4, 0.5) is 4.79 Å². The van der Waals surface area contributed by atoms with Crippen LogP contribution in [0.1, 0.15) is 48.0 Å². The summed E-state index contributed by atoms with van der Waals surface area (Å²) in [4.78, 5) is 18.6. The van der Waals surface area contributed by atoms with E-state index in [9.17, 15) is 4.79 Å². The average Bonchev–Trinajstić information content (AvgIpc) is 2.73. The molecule has 1 amide bonds. The highest BCUT2D eigenvalue weighted by atomic mass is 127. The molecule has 1 rings (SSSR count). The fourth-order valence-electron chi connectivity index (χ4n) is 2.97. The molecule has 0 radical (unpaired) electrons. The Bertz CT molecular complexity index is 494. The Labute approximate surface area is 180 Å². The third-order valence-corrected chi connectivity index (χ3v) is 4.04. The summed E-state index contributed by atoms with van der Waals surface area (Å²) in [6, 6.07) is -0.169. The molecule has 1 heterocycles. The summed E-state index contributed by atoms with van der Waals surface area (Å²) in [5.41, 5.74) is -1.29. The van der Waals surface area contributed by atoms with E-state index in [0.29, 0.717) is 19.1 Å². The first-order valence-corrected chi connectivity index (χ1v) is 9.15. The molecule has 0 aromatic rings. The number of nitrogens with zero attached hydrogens (tertiary/aromatic N) is 2. The number of rotatable bonds is 6. The van der Waals surface area contributed by atoms with Crippen molar-refractivity contribution < 1.29 is 19.0 Å². The molecule has 2 unspecified atom stereocenters. The molecule has 0 saturated carbocycles. The second kappa shape index (κ2) is 11.3. The van der Waals surface area contributed by atoms with Crippen molar-refractivity contribution >= 4 is 36.0 Å². The van der Waals surface area contributed by atoms with E-state index >= 15 is 0 Å². The van der Waals surface area contributed by atoms with Gasteiger partial charge < -0.3 is 24.8 Å². The molecule has 2 N–H and O–H groups in total. The molecule has 27 heavy (non-hydrogen) atoms. The molecule has 0 aliphatic carbocycles. The van der Waals surface area contributed by atoms with E-state index in [1.807, 2.05) is 41.5 Å². The van der Waals surface area contributed by atoms with Gasteiger partial charge in [0.05, 0.1) is 12.1 Å². The smallest absolute Gasteiger partial charge is 0.412 e. The van der Waals surface area contributed by atoms with Gasteiger partial charge in [0.1, 0.15) is 11.3 Å². The van der Waals surface area contributed by atoms with Crippen molar-refractivity contribution in [2.75, 3.05) is 33.9 Å². The van der Waals surface area contributed by atoms with E-state index < -0.39 is 11.3 Å². The van der Waals surface area contributed by atoms with Crippen molar-refractivity contribution in [1.82, 2.24) is 15.5 Å². The topological polar surface area (TPSA) is 84.4 Å². The summed E-state index contributed by atoms with van der Waals surface area (Å²) in [5.74, 6) is 0.683. The fourth-order valence-corrected chi connectivity index (χ4v) is 2.97. The molecule has 1 aliphatic heterocycles. The Morgan fingerprint density at radius 3 is 2.44 bits per heavy atom. The predicted molar refractivity (Wildman–Crippen MR) is 118 cm³/mol. The van der Waals surface area contributed by atoms with Crippen LogP contribution in [-0.4, -0.2) is 74.3 Å². The number of nitrogens with one attached hydrogen (secondary N) is 2. The quantitative estimate of drug-likeness (QED) is 0.253. The zero-order chi connectivity index (χ0) is 20.0. The normalized spacial score (nSPS) is 22.2. The molecule has 0 aromatic heterocycles. The summed E-state index contributed by atoms with van der Waals surface area (Å²) >= 11 is 0. The van der Waals surface area contributed by atoms with E-state index in [0.717, 1.165) is 13.0 Å². The van der Waals surface area contributed by atoms with Gasteiger partial charge in [-0.2, -0.15) is 0 Å². The van der Waals surface area contributed by atoms with Crippen LogP contribution < -0.4 is 10.6 Å². The highest BCUT2D eigenvalue weighted by molar-refractivity contribution is 14.0. The first kappa shape index (κ1) is 26.2. The number of halogens is 1. The maximum absolute atomic E-state index is 12.7. The van der Waals surface area contributed by atoms with Crippen molar-refractivity contribution in [3.8, 4) is 0 Å². The van der Waals surface area contributed by atoms with Crippen LogP contribution in [0.15, 0.2) is 4.99 Å². The summed E-state index contributed by atoms with van der Waals surface area (Å²) in [6.07, 6.45) is 0.385. The molecule has 8 nitrogen and oxygen atoms in total. The number of hydrogen-bond acceptors (Lipinski definition) is 5. The lowest BCUT2D eigenvalue weighted by atomic mass is 10.1. The SMILES string of the molecule is CN=C(NCCCOC)NCC1C(C)OC(C)(C)N1C(=O)OC(C)(C)C.I. The van der Waals surface area contributed by atoms with Crippen LogP contribution in [0.3, 0.4) is 0 Å². The Balaban J connectivity index is 0.00000676. The summed E-state index contributed by atoms with van der Waals surface area (Å²) < 4.78 is 16.6. The second-order valence-corrected chi connectivity index (χ2v) is 7.91. The molecule has 2 atom stereocenters. The van der Waals surface area contributed by atoms with E-state index in [4.69, 9.17) is 14.2 Å². The Hall–Kier alpha value is -0.810. The Morgan fingerprint density at radius 2 is 1.93 bits per heavy atom. The van der Waals surface area contributed by atoms with Crippen molar-refractivity contribution in [1.29, 1.82) is 0 Å². The Morgan fingerprint density at radius 1 is 1.30 bits per heavy atom. The zero-order valence-corrected chi connectivity index (χ0v) is 20.2. The number of methoxy groups -OCH3 is 1. The average molecular weight is 500 g/mol. The van der Waals surface area contributed by atoms with Crippen molar-refractivity contribution in [2.24, 2.45) is 4.99 Å². The molecular weight excluding hydrogens is 463 g/mol. The van der Waals surface area contributed by atoms with Crippen LogP contribution in [-0.2, 0) is 14.2 Å². The zero-order valence-electron chi connectivity index (χ0n) is 17.9. The third-order valence-electron chi connectivity index (χ3n) is 4.04. The van der Waals surface area contributed by atoms with Gasteiger partial charge in [0.15, 0.2) is 5.96 Å². The number of aliphatic imine (C=N–C) groups is 1. The van der Waals surface area contributed by atoms with Crippen LogP contribution >= 0.6 is 24.0 Å². The van der Waals surface area contributed by atoms with Crippen LogP contribution in [0, 0.1) is 0 Å². The monoisotopic (exact) mass is 500 g/mol. The highest BCUT2D eigenvalue weighted by Crippen LogP contribution is 2.33. The van der Waals surface area contributed by atoms with Gasteiger partial charge in [-0.25, -0.2) is 4.79 Å².